The third-order valence-electron chi connectivity index (χ3n) is 3.23. The number of hydrogen-bond donors (Lipinski definition) is 1. The first-order chi connectivity index (χ1) is 9.11. The van der Waals surface area contributed by atoms with Crippen LogP contribution in [0, 0.1) is 5.82 Å². The maximum atomic E-state index is 13.4. The largest absolute Gasteiger partial charge is 0.369 e. The van der Waals surface area contributed by atoms with E-state index in [-0.39, 0.29) is 5.82 Å². The van der Waals surface area contributed by atoms with E-state index in [1.54, 1.807) is 23.6 Å². The fraction of sp³-hybridized carbons (Fsp3) is 0.231. The van der Waals surface area contributed by atoms with Gasteiger partial charge in [0.05, 0.1) is 6.54 Å². The quantitative estimate of drug-likeness (QED) is 0.916. The molecule has 0 bridgehead atoms. The molecule has 0 saturated heterocycles. The number of halogens is 1. The summed E-state index contributed by atoms with van der Waals surface area (Å²) in [6.07, 6.45) is 1.75. The summed E-state index contributed by atoms with van der Waals surface area (Å²) in [6.45, 7) is 2.53. The van der Waals surface area contributed by atoms with Crippen LogP contribution in [0.3, 0.4) is 0 Å². The number of nitrogens with two attached hydrogens (primary N) is 1. The van der Waals surface area contributed by atoms with Gasteiger partial charge in [-0.1, -0.05) is 6.07 Å². The normalized spacial score (nSPS) is 22.6. The van der Waals surface area contributed by atoms with E-state index in [0.29, 0.717) is 18.2 Å². The lowest BCUT2D eigenvalue weighted by molar-refractivity contribution is 0.528. The van der Waals surface area contributed by atoms with Crippen molar-refractivity contribution in [3.05, 3.63) is 46.7 Å². The molecule has 19 heavy (non-hydrogen) atoms. The van der Waals surface area contributed by atoms with Crippen molar-refractivity contribution in [3.8, 4) is 0 Å². The second-order valence-corrected chi connectivity index (χ2v) is 5.50. The number of thiazole rings is 1. The van der Waals surface area contributed by atoms with E-state index >= 15 is 0 Å². The minimum absolute atomic E-state index is 0.293. The van der Waals surface area contributed by atoms with Crippen LogP contribution in [0.25, 0.3) is 0 Å². The Morgan fingerprint density at radius 3 is 3.00 bits per heavy atom. The highest BCUT2D eigenvalue weighted by Gasteiger charge is 2.42. The molecule has 0 spiro atoms. The Hall–Kier alpha value is -1.95. The van der Waals surface area contributed by atoms with Crippen LogP contribution in [-0.2, 0) is 5.54 Å². The van der Waals surface area contributed by atoms with Crippen LogP contribution >= 0.6 is 11.3 Å². The summed E-state index contributed by atoms with van der Waals surface area (Å²) in [5, 5.41) is 2.83. The predicted molar refractivity (Wildman–Crippen MR) is 74.8 cm³/mol. The van der Waals surface area contributed by atoms with Crippen molar-refractivity contribution in [2.24, 2.45) is 10.7 Å². The van der Waals surface area contributed by atoms with Crippen molar-refractivity contribution in [2.75, 3.05) is 11.4 Å². The van der Waals surface area contributed by atoms with Gasteiger partial charge in [-0.25, -0.2) is 9.37 Å². The fourth-order valence-corrected chi connectivity index (χ4v) is 3.10. The number of hydrogen-bond acceptors (Lipinski definition) is 5. The zero-order chi connectivity index (χ0) is 13.5. The summed E-state index contributed by atoms with van der Waals surface area (Å²) in [6, 6.07) is 6.36. The number of nitrogens with zero attached hydrogens (tertiary/aromatic N) is 3. The van der Waals surface area contributed by atoms with Gasteiger partial charge in [-0.15, -0.1) is 11.3 Å². The van der Waals surface area contributed by atoms with Crippen LogP contribution in [0.15, 0.2) is 40.8 Å². The summed E-state index contributed by atoms with van der Waals surface area (Å²) < 4.78 is 13.4. The van der Waals surface area contributed by atoms with Crippen molar-refractivity contribution in [1.82, 2.24) is 4.98 Å². The minimum atomic E-state index is -0.452. The van der Waals surface area contributed by atoms with Gasteiger partial charge < -0.3 is 5.73 Å². The molecule has 2 aromatic rings. The molecule has 1 atom stereocenters. The highest BCUT2D eigenvalue weighted by molar-refractivity contribution is 7.09. The van der Waals surface area contributed by atoms with E-state index in [9.17, 15) is 4.39 Å². The Morgan fingerprint density at radius 1 is 1.47 bits per heavy atom. The van der Waals surface area contributed by atoms with Gasteiger partial charge in [0.25, 0.3) is 0 Å². The molecule has 4 nitrogen and oxygen atoms in total. The summed E-state index contributed by atoms with van der Waals surface area (Å²) >= 11 is 1.55. The Kier molecular flexibility index (Phi) is 2.74. The van der Waals surface area contributed by atoms with Gasteiger partial charge in [-0.3, -0.25) is 9.89 Å². The topological polar surface area (TPSA) is 54.5 Å². The number of aliphatic imine (C=N–C) groups is 1. The zero-order valence-corrected chi connectivity index (χ0v) is 11.2. The van der Waals surface area contributed by atoms with Gasteiger partial charge in [0, 0.05) is 17.3 Å². The maximum Gasteiger partial charge on any atom is 0.196 e. The molecule has 3 rings (SSSR count). The summed E-state index contributed by atoms with van der Waals surface area (Å²) in [5.74, 6) is 0.0991. The van der Waals surface area contributed by atoms with Crippen LogP contribution in [0.4, 0.5) is 10.1 Å². The van der Waals surface area contributed by atoms with Crippen molar-refractivity contribution >= 4 is 23.0 Å². The van der Waals surface area contributed by atoms with Gasteiger partial charge in [0.15, 0.2) is 5.96 Å². The lowest BCUT2D eigenvalue weighted by Gasteiger charge is -2.34. The van der Waals surface area contributed by atoms with E-state index in [2.05, 4.69) is 9.98 Å². The number of benzene rings is 1. The smallest absolute Gasteiger partial charge is 0.196 e. The monoisotopic (exact) mass is 276 g/mol. The fourth-order valence-electron chi connectivity index (χ4n) is 2.31. The molecule has 1 aliphatic heterocycles. The first kappa shape index (κ1) is 12.1. The van der Waals surface area contributed by atoms with Crippen LogP contribution in [0.5, 0.6) is 0 Å². The lowest BCUT2D eigenvalue weighted by Crippen LogP contribution is -2.47. The Morgan fingerprint density at radius 2 is 2.32 bits per heavy atom. The van der Waals surface area contributed by atoms with Gasteiger partial charge in [0.1, 0.15) is 16.4 Å². The number of aromatic nitrogens is 1. The Bertz CT molecular complexity index is 625. The summed E-state index contributed by atoms with van der Waals surface area (Å²) in [4.78, 5) is 10.5. The van der Waals surface area contributed by atoms with Crippen LogP contribution in [-0.4, -0.2) is 17.5 Å². The molecular formula is C13H13FN4S. The van der Waals surface area contributed by atoms with Crippen LogP contribution < -0.4 is 10.6 Å². The Balaban J connectivity index is 2.09. The average molecular weight is 276 g/mol. The minimum Gasteiger partial charge on any atom is -0.369 e. The third-order valence-corrected chi connectivity index (χ3v) is 4.26. The van der Waals surface area contributed by atoms with Crippen molar-refractivity contribution in [3.63, 3.8) is 0 Å². The predicted octanol–water partition coefficient (Wildman–Crippen LogP) is 2.33. The Labute approximate surface area is 114 Å². The SMILES string of the molecule is CC1(c2nccs2)CN=C(N)N1c1cccc(F)c1. The van der Waals surface area contributed by atoms with E-state index in [0.717, 1.165) is 5.01 Å². The molecule has 1 aliphatic rings. The maximum absolute atomic E-state index is 13.4. The van der Waals surface area contributed by atoms with Crippen LogP contribution in [0.2, 0.25) is 0 Å². The molecule has 0 radical (unpaired) electrons. The number of guanidine groups is 1. The van der Waals surface area contributed by atoms with Gasteiger partial charge in [0.2, 0.25) is 0 Å². The molecule has 1 aromatic carbocycles. The lowest BCUT2D eigenvalue weighted by atomic mass is 10.0. The zero-order valence-electron chi connectivity index (χ0n) is 10.4. The van der Waals surface area contributed by atoms with Crippen LogP contribution in [0.1, 0.15) is 11.9 Å². The molecule has 0 aliphatic carbocycles. The van der Waals surface area contributed by atoms with E-state index in [1.807, 2.05) is 23.3 Å². The van der Waals surface area contributed by atoms with Gasteiger partial charge in [-0.05, 0) is 25.1 Å². The van der Waals surface area contributed by atoms with Gasteiger partial charge >= 0.3 is 0 Å². The second kappa shape index (κ2) is 4.31. The molecule has 6 heteroatoms. The molecule has 0 fully saturated rings. The van der Waals surface area contributed by atoms with E-state index < -0.39 is 5.54 Å². The van der Waals surface area contributed by atoms with Crippen molar-refractivity contribution in [2.45, 2.75) is 12.5 Å². The molecule has 1 aromatic heterocycles. The molecule has 1 unspecified atom stereocenters. The number of rotatable bonds is 2. The first-order valence-electron chi connectivity index (χ1n) is 5.87. The highest BCUT2D eigenvalue weighted by atomic mass is 32.1. The van der Waals surface area contributed by atoms with E-state index in [4.69, 9.17) is 5.73 Å². The standard InChI is InChI=1S/C13H13FN4S/c1-13(11-16-5-6-19-11)8-17-12(15)18(13)10-4-2-3-9(14)7-10/h2-7H,8H2,1H3,(H2,15,17). The molecular weight excluding hydrogens is 263 g/mol. The molecule has 2 heterocycles. The molecule has 2 N–H and O–H groups in total. The van der Waals surface area contributed by atoms with Gasteiger partial charge in [-0.2, -0.15) is 0 Å². The third kappa shape index (κ3) is 1.88. The first-order valence-corrected chi connectivity index (χ1v) is 6.75. The highest BCUT2D eigenvalue weighted by Crippen LogP contribution is 2.37. The summed E-state index contributed by atoms with van der Waals surface area (Å²) in [5.41, 5.74) is 6.21. The number of anilines is 1. The summed E-state index contributed by atoms with van der Waals surface area (Å²) in [7, 11) is 0. The van der Waals surface area contributed by atoms with Crippen molar-refractivity contribution in [1.29, 1.82) is 0 Å². The molecule has 98 valence electrons. The molecule has 0 amide bonds. The molecule has 0 saturated carbocycles. The second-order valence-electron chi connectivity index (χ2n) is 4.60. The van der Waals surface area contributed by atoms with Crippen molar-refractivity contribution < 1.29 is 4.39 Å². The average Bonchev–Trinajstić information content (AvgIpc) is 2.99. The van der Waals surface area contributed by atoms with E-state index in [1.165, 1.54) is 12.1 Å².